The summed E-state index contributed by atoms with van der Waals surface area (Å²) in [5.74, 6) is -0.846. The Bertz CT molecular complexity index is 1210. The standard InChI is InChI=1S/C20H18F3N3O3S/c1-9(2)6-12-15-14(10-4-3-5-11(7-10)20(21,22)23)18-26(13(8-30-18)19(28)29)17(27)16(15)25-24-12/h3-5,7,9,13H,6,8H2,1-2H3,(H,24,25)(H,28,29)/t13-/m0/s1. The number of aliphatic carboxylic acids is 1. The van der Waals surface area contributed by atoms with Crippen LogP contribution in [0, 0.1) is 5.92 Å². The van der Waals surface area contributed by atoms with Gasteiger partial charge in [0.15, 0.2) is 5.52 Å². The van der Waals surface area contributed by atoms with Gasteiger partial charge in [0.25, 0.3) is 5.56 Å². The largest absolute Gasteiger partial charge is 0.480 e. The molecule has 1 aliphatic rings. The highest BCUT2D eigenvalue weighted by Crippen LogP contribution is 2.44. The van der Waals surface area contributed by atoms with Gasteiger partial charge in [0.2, 0.25) is 0 Å². The number of thioether (sulfide) groups is 1. The molecule has 0 aliphatic carbocycles. The molecule has 1 atom stereocenters. The molecule has 1 aliphatic heterocycles. The summed E-state index contributed by atoms with van der Waals surface area (Å²) < 4.78 is 41.2. The van der Waals surface area contributed by atoms with E-state index in [4.69, 9.17) is 0 Å². The van der Waals surface area contributed by atoms with E-state index in [9.17, 15) is 27.9 Å². The molecule has 0 saturated heterocycles. The lowest BCUT2D eigenvalue weighted by atomic mass is 9.97. The fourth-order valence-corrected chi connectivity index (χ4v) is 5.07. The molecule has 0 radical (unpaired) electrons. The lowest BCUT2D eigenvalue weighted by molar-refractivity contribution is -0.140. The van der Waals surface area contributed by atoms with Crippen LogP contribution in [0.4, 0.5) is 13.2 Å². The summed E-state index contributed by atoms with van der Waals surface area (Å²) in [4.78, 5) is 24.8. The van der Waals surface area contributed by atoms with E-state index in [1.807, 2.05) is 13.8 Å². The molecule has 4 rings (SSSR count). The van der Waals surface area contributed by atoms with E-state index in [2.05, 4.69) is 10.2 Å². The van der Waals surface area contributed by atoms with Gasteiger partial charge in [-0.05, 0) is 30.0 Å². The molecule has 0 spiro atoms. The predicted octanol–water partition coefficient (Wildman–Crippen LogP) is 4.34. The Labute approximate surface area is 173 Å². The number of benzene rings is 1. The van der Waals surface area contributed by atoms with E-state index in [0.717, 1.165) is 28.5 Å². The van der Waals surface area contributed by atoms with Crippen LogP contribution >= 0.6 is 11.8 Å². The average molecular weight is 437 g/mol. The predicted molar refractivity (Wildman–Crippen MR) is 107 cm³/mol. The first kappa shape index (κ1) is 20.5. The third-order valence-electron chi connectivity index (χ3n) is 5.01. The Kier molecular flexibility index (Phi) is 4.92. The first-order valence-electron chi connectivity index (χ1n) is 9.28. The molecule has 3 heterocycles. The number of nitrogens with zero attached hydrogens (tertiary/aromatic N) is 2. The minimum Gasteiger partial charge on any atom is -0.480 e. The van der Waals surface area contributed by atoms with E-state index in [0.29, 0.717) is 28.1 Å². The number of aromatic nitrogens is 3. The fraction of sp³-hybridized carbons (Fsp3) is 0.350. The van der Waals surface area contributed by atoms with E-state index < -0.39 is 29.3 Å². The van der Waals surface area contributed by atoms with Gasteiger partial charge in [0, 0.05) is 22.4 Å². The van der Waals surface area contributed by atoms with Crippen molar-refractivity contribution in [1.29, 1.82) is 0 Å². The molecule has 0 saturated carbocycles. The number of pyridine rings is 1. The van der Waals surface area contributed by atoms with Gasteiger partial charge in [-0.3, -0.25) is 14.5 Å². The number of nitrogens with one attached hydrogen (secondary N) is 1. The summed E-state index contributed by atoms with van der Waals surface area (Å²) in [5.41, 5.74) is -0.00983. The van der Waals surface area contributed by atoms with Gasteiger partial charge in [-0.15, -0.1) is 11.8 Å². The maximum atomic E-state index is 13.3. The SMILES string of the molecule is CC(C)Cc1[nH]nc2c(=O)n3c(c(-c4cccc(C(F)(F)F)c4)c12)SC[C@H]3C(=O)O. The second kappa shape index (κ2) is 7.19. The lowest BCUT2D eigenvalue weighted by Crippen LogP contribution is -2.29. The maximum absolute atomic E-state index is 13.3. The molecule has 3 aromatic rings. The smallest absolute Gasteiger partial charge is 0.416 e. The van der Waals surface area contributed by atoms with Crippen LogP contribution in [0.5, 0.6) is 0 Å². The van der Waals surface area contributed by atoms with Gasteiger partial charge < -0.3 is 5.11 Å². The summed E-state index contributed by atoms with van der Waals surface area (Å²) in [5, 5.41) is 17.3. The summed E-state index contributed by atoms with van der Waals surface area (Å²) >= 11 is 1.16. The zero-order valence-corrected chi connectivity index (χ0v) is 16.9. The quantitative estimate of drug-likeness (QED) is 0.634. The van der Waals surface area contributed by atoms with Crippen molar-refractivity contribution in [2.24, 2.45) is 5.92 Å². The van der Waals surface area contributed by atoms with Crippen molar-refractivity contribution in [1.82, 2.24) is 14.8 Å². The van der Waals surface area contributed by atoms with Crippen molar-refractivity contribution < 1.29 is 23.1 Å². The zero-order chi connectivity index (χ0) is 21.8. The first-order chi connectivity index (χ1) is 14.1. The number of hydrogen-bond acceptors (Lipinski definition) is 4. The normalized spacial score (nSPS) is 16.4. The van der Waals surface area contributed by atoms with Crippen LogP contribution in [-0.2, 0) is 17.4 Å². The van der Waals surface area contributed by atoms with Gasteiger partial charge in [-0.1, -0.05) is 26.0 Å². The number of aromatic amines is 1. The summed E-state index contributed by atoms with van der Waals surface area (Å²) in [6.07, 6.45) is -3.99. The number of H-pyrrole nitrogens is 1. The molecule has 0 unspecified atom stereocenters. The van der Waals surface area contributed by atoms with Gasteiger partial charge in [0.1, 0.15) is 6.04 Å². The van der Waals surface area contributed by atoms with E-state index in [-0.39, 0.29) is 22.8 Å². The number of carboxylic acids is 1. The fourth-order valence-electron chi connectivity index (χ4n) is 3.75. The number of alkyl halides is 3. The number of carboxylic acid groups (broad SMARTS) is 1. The van der Waals surface area contributed by atoms with Crippen molar-refractivity contribution in [3.05, 3.63) is 45.9 Å². The molecule has 0 fully saturated rings. The van der Waals surface area contributed by atoms with Gasteiger partial charge in [0.05, 0.1) is 10.6 Å². The third kappa shape index (κ3) is 3.28. The van der Waals surface area contributed by atoms with Gasteiger partial charge >= 0.3 is 12.1 Å². The van der Waals surface area contributed by atoms with Crippen LogP contribution < -0.4 is 5.56 Å². The van der Waals surface area contributed by atoms with Crippen molar-refractivity contribution in [2.45, 2.75) is 37.5 Å². The highest BCUT2D eigenvalue weighted by atomic mass is 32.2. The topological polar surface area (TPSA) is 88.0 Å². The molecule has 0 bridgehead atoms. The Morgan fingerprint density at radius 3 is 2.77 bits per heavy atom. The Hall–Kier alpha value is -2.75. The number of halogens is 3. The first-order valence-corrected chi connectivity index (χ1v) is 10.3. The average Bonchev–Trinajstić information content (AvgIpc) is 3.27. The van der Waals surface area contributed by atoms with Crippen molar-refractivity contribution >= 4 is 28.6 Å². The Morgan fingerprint density at radius 2 is 2.13 bits per heavy atom. The molecule has 30 heavy (non-hydrogen) atoms. The van der Waals surface area contributed by atoms with E-state index in [1.54, 1.807) is 0 Å². The number of rotatable bonds is 4. The van der Waals surface area contributed by atoms with Crippen LogP contribution in [-0.4, -0.2) is 31.6 Å². The van der Waals surface area contributed by atoms with Gasteiger partial charge in [-0.2, -0.15) is 18.3 Å². The minimum absolute atomic E-state index is 0.0376. The molecular formula is C20H18F3N3O3S. The van der Waals surface area contributed by atoms with Crippen LogP contribution in [0.15, 0.2) is 34.1 Å². The molecule has 10 heteroatoms. The number of carbonyl (C=O) groups is 1. The summed E-state index contributed by atoms with van der Waals surface area (Å²) in [7, 11) is 0. The van der Waals surface area contributed by atoms with Crippen molar-refractivity contribution in [3.63, 3.8) is 0 Å². The van der Waals surface area contributed by atoms with E-state index in [1.165, 1.54) is 12.1 Å². The monoisotopic (exact) mass is 437 g/mol. The molecule has 1 aromatic carbocycles. The molecule has 2 N–H and O–H groups in total. The summed E-state index contributed by atoms with van der Waals surface area (Å²) in [6, 6.07) is 3.75. The third-order valence-corrected chi connectivity index (χ3v) is 6.17. The van der Waals surface area contributed by atoms with Crippen molar-refractivity contribution in [2.75, 3.05) is 5.75 Å². The van der Waals surface area contributed by atoms with E-state index >= 15 is 0 Å². The molecule has 2 aromatic heterocycles. The Balaban J connectivity index is 2.10. The molecular weight excluding hydrogens is 419 g/mol. The number of fused-ring (bicyclic) bond motifs is 2. The van der Waals surface area contributed by atoms with Crippen LogP contribution in [0.2, 0.25) is 0 Å². The minimum atomic E-state index is -4.53. The van der Waals surface area contributed by atoms with Crippen LogP contribution in [0.1, 0.15) is 31.1 Å². The highest BCUT2D eigenvalue weighted by molar-refractivity contribution is 7.99. The van der Waals surface area contributed by atoms with Gasteiger partial charge in [-0.25, -0.2) is 4.79 Å². The number of hydrogen-bond donors (Lipinski definition) is 2. The zero-order valence-electron chi connectivity index (χ0n) is 16.1. The second-order valence-electron chi connectivity index (χ2n) is 7.62. The van der Waals surface area contributed by atoms with Crippen LogP contribution in [0.3, 0.4) is 0 Å². The van der Waals surface area contributed by atoms with Crippen molar-refractivity contribution in [3.8, 4) is 11.1 Å². The lowest BCUT2D eigenvalue weighted by Gasteiger charge is -2.16. The second-order valence-corrected chi connectivity index (χ2v) is 8.63. The summed E-state index contributed by atoms with van der Waals surface area (Å²) in [6.45, 7) is 3.96. The highest BCUT2D eigenvalue weighted by Gasteiger charge is 2.36. The maximum Gasteiger partial charge on any atom is 0.416 e. The molecule has 0 amide bonds. The Morgan fingerprint density at radius 1 is 1.40 bits per heavy atom. The molecule has 6 nitrogen and oxygen atoms in total. The molecule has 158 valence electrons. The van der Waals surface area contributed by atoms with Crippen LogP contribution in [0.25, 0.3) is 22.0 Å².